The number of aromatic nitrogens is 6. The van der Waals surface area contributed by atoms with Crippen LogP contribution in [-0.4, -0.2) is 35.7 Å². The average molecular weight is 505 g/mol. The minimum Gasteiger partial charge on any atom is -0.313 e. The fourth-order valence-corrected chi connectivity index (χ4v) is 4.97. The largest absolute Gasteiger partial charge is 0.313 e. The number of benzene rings is 3. The minimum absolute atomic E-state index is 0.208. The Bertz CT molecular complexity index is 1670. The summed E-state index contributed by atoms with van der Waals surface area (Å²) in [4.78, 5) is 17.6. The first-order valence-corrected chi connectivity index (χ1v) is 12.8. The molecule has 6 rings (SSSR count). The van der Waals surface area contributed by atoms with E-state index in [2.05, 4.69) is 77.5 Å². The van der Waals surface area contributed by atoms with Gasteiger partial charge in [-0.3, -0.25) is 10.1 Å². The van der Waals surface area contributed by atoms with Crippen LogP contribution in [0.2, 0.25) is 0 Å². The van der Waals surface area contributed by atoms with Gasteiger partial charge in [-0.15, -0.1) is 0 Å². The zero-order valence-corrected chi connectivity index (χ0v) is 21.1. The number of aromatic amines is 1. The average Bonchev–Trinajstić information content (AvgIpc) is 3.57. The van der Waals surface area contributed by atoms with Crippen molar-refractivity contribution < 1.29 is 4.79 Å². The van der Waals surface area contributed by atoms with Gasteiger partial charge in [-0.25, -0.2) is 10.1 Å². The van der Waals surface area contributed by atoms with Crippen LogP contribution in [0.4, 0.5) is 11.6 Å². The van der Waals surface area contributed by atoms with E-state index in [0.29, 0.717) is 12.1 Å². The monoisotopic (exact) mass is 504 g/mol. The number of carbonyl (C=O) groups is 1. The number of hydrogen-bond acceptors (Lipinski definition) is 5. The van der Waals surface area contributed by atoms with Crippen molar-refractivity contribution in [2.24, 2.45) is 12.0 Å². The molecule has 0 unspecified atom stereocenters. The summed E-state index contributed by atoms with van der Waals surface area (Å²) in [6.45, 7) is 0.610. The van der Waals surface area contributed by atoms with Crippen molar-refractivity contribution in [1.82, 2.24) is 29.8 Å². The minimum atomic E-state index is -0.281. The van der Waals surface area contributed by atoms with Gasteiger partial charge in [-0.2, -0.15) is 0 Å². The van der Waals surface area contributed by atoms with Crippen LogP contribution >= 0.6 is 0 Å². The van der Waals surface area contributed by atoms with E-state index in [1.807, 2.05) is 31.3 Å². The van der Waals surface area contributed by atoms with Crippen LogP contribution in [0.5, 0.6) is 0 Å². The normalized spacial score (nSPS) is 14.0. The maximum absolute atomic E-state index is 12.5. The zero-order chi connectivity index (χ0) is 25.9. The van der Waals surface area contributed by atoms with E-state index in [9.17, 15) is 4.79 Å². The number of imidazole rings is 1. The third-order valence-electron chi connectivity index (χ3n) is 6.97. The highest BCUT2D eigenvalue weighted by Gasteiger charge is 2.12. The second-order valence-electron chi connectivity index (χ2n) is 9.47. The van der Waals surface area contributed by atoms with E-state index in [1.165, 1.54) is 30.4 Å². The summed E-state index contributed by atoms with van der Waals surface area (Å²) in [6.07, 6.45) is 7.24. The Labute approximate surface area is 219 Å². The van der Waals surface area contributed by atoms with Gasteiger partial charge in [0.2, 0.25) is 11.6 Å². The number of fused-ring (bicyclic) bond motifs is 1. The molecule has 9 heteroatoms. The molecule has 1 aliphatic carbocycles. The lowest BCUT2D eigenvalue weighted by Gasteiger charge is -2.12. The second kappa shape index (κ2) is 10.3. The molecule has 0 radical (unpaired) electrons. The van der Waals surface area contributed by atoms with Gasteiger partial charge in [0.05, 0.1) is 23.3 Å². The number of aryl methyl sites for hydroxylation is 1. The molecule has 9 nitrogen and oxygen atoms in total. The second-order valence-corrected chi connectivity index (χ2v) is 9.47. The molecular formula is C29H28N8O. The molecule has 190 valence electrons. The van der Waals surface area contributed by atoms with E-state index in [-0.39, 0.29) is 11.9 Å². The Balaban J connectivity index is 1.31. The van der Waals surface area contributed by atoms with Crippen molar-refractivity contribution in [2.75, 3.05) is 5.32 Å². The number of carbonyl (C=O) groups excluding carboxylic acids is 1. The molecule has 0 saturated carbocycles. The number of nitrogens with one attached hydrogen (secondary N) is 2. The summed E-state index contributed by atoms with van der Waals surface area (Å²) in [5.74, 6) is -0.0730. The predicted octanol–water partition coefficient (Wildman–Crippen LogP) is 4.98. The van der Waals surface area contributed by atoms with Crippen LogP contribution in [0.1, 0.15) is 47.2 Å². The molecule has 0 aliphatic heterocycles. The van der Waals surface area contributed by atoms with Gasteiger partial charge in [-0.1, -0.05) is 47.6 Å². The lowest BCUT2D eigenvalue weighted by Crippen LogP contribution is -2.24. The number of anilines is 1. The molecule has 2 N–H and O–H groups in total. The van der Waals surface area contributed by atoms with Crippen molar-refractivity contribution in [3.63, 3.8) is 0 Å². The Morgan fingerprint density at radius 1 is 1.00 bits per heavy atom. The van der Waals surface area contributed by atoms with Crippen LogP contribution in [0.3, 0.4) is 0 Å². The molecule has 1 aliphatic rings. The summed E-state index contributed by atoms with van der Waals surface area (Å²) in [6, 6.07) is 24.4. The molecule has 1 amide bonds. The summed E-state index contributed by atoms with van der Waals surface area (Å²) >= 11 is 0. The maximum atomic E-state index is 12.5. The highest BCUT2D eigenvalue weighted by atomic mass is 16.1. The molecule has 2 aromatic heterocycles. The highest BCUT2D eigenvalue weighted by Crippen LogP contribution is 2.28. The molecule has 38 heavy (non-hydrogen) atoms. The Hall–Kier alpha value is -4.79. The quantitative estimate of drug-likeness (QED) is 0.340. The number of rotatable bonds is 6. The molecule has 0 fully saturated rings. The maximum Gasteiger partial charge on any atom is 0.258 e. The lowest BCUT2D eigenvalue weighted by molar-refractivity contribution is 0.102. The van der Waals surface area contributed by atoms with Crippen LogP contribution in [0.15, 0.2) is 83.9 Å². The van der Waals surface area contributed by atoms with Gasteiger partial charge in [0.1, 0.15) is 0 Å². The summed E-state index contributed by atoms with van der Waals surface area (Å²) in [5.41, 5.74) is 8.28. The lowest BCUT2D eigenvalue weighted by atomic mass is 9.94. The number of hydrogen-bond donors (Lipinski definition) is 2. The number of amides is 1. The van der Waals surface area contributed by atoms with Gasteiger partial charge >= 0.3 is 0 Å². The predicted molar refractivity (Wildman–Crippen MR) is 147 cm³/mol. The van der Waals surface area contributed by atoms with Crippen LogP contribution in [0, 0.1) is 0 Å². The Morgan fingerprint density at radius 2 is 1.79 bits per heavy atom. The van der Waals surface area contributed by atoms with E-state index in [4.69, 9.17) is 4.99 Å². The standard InChI is InChI=1S/C29H28N8O/c1-36-25-9-5-6-10-26(25)37(19-20-11-13-23(14-12-20)27(38)31-28-32-34-35-33-28)29(36)30-24-17-15-22(16-18-24)21-7-3-2-4-8-21/h5-7,9-18H,2-4,8,19H2,1H3,(H2,31,32,33,34,35,38)/b30-29+. The van der Waals surface area contributed by atoms with Crippen LogP contribution in [0.25, 0.3) is 16.6 Å². The molecule has 2 heterocycles. The first-order chi connectivity index (χ1) is 18.7. The first kappa shape index (κ1) is 23.6. The molecule has 0 spiro atoms. The number of allylic oxidation sites excluding steroid dienone is 2. The van der Waals surface area contributed by atoms with Gasteiger partial charge < -0.3 is 9.13 Å². The zero-order valence-electron chi connectivity index (χ0n) is 21.1. The molecule has 0 atom stereocenters. The number of H-pyrrole nitrogens is 1. The molecule has 0 saturated heterocycles. The SMILES string of the molecule is Cn1/c(=N\c2ccc(C3=CCCCC3)cc2)n(Cc2ccc(C(=O)Nc3nnn[nH]3)cc2)c2ccccc21. The van der Waals surface area contributed by atoms with Crippen LogP contribution < -0.4 is 10.9 Å². The number of para-hydroxylation sites is 2. The van der Waals surface area contributed by atoms with Crippen molar-refractivity contribution in [3.8, 4) is 0 Å². The van der Waals surface area contributed by atoms with E-state index in [0.717, 1.165) is 34.3 Å². The Morgan fingerprint density at radius 3 is 2.50 bits per heavy atom. The van der Waals surface area contributed by atoms with Crippen molar-refractivity contribution in [1.29, 1.82) is 0 Å². The number of tetrazole rings is 1. The van der Waals surface area contributed by atoms with Crippen molar-refractivity contribution in [2.45, 2.75) is 32.2 Å². The topological polar surface area (TPSA) is 106 Å². The smallest absolute Gasteiger partial charge is 0.258 e. The fraction of sp³-hybridized carbons (Fsp3) is 0.207. The van der Waals surface area contributed by atoms with Gasteiger partial charge in [0, 0.05) is 12.6 Å². The molecule has 3 aromatic carbocycles. The van der Waals surface area contributed by atoms with Gasteiger partial charge in [-0.05, 0) is 89.2 Å². The molecule has 5 aromatic rings. The van der Waals surface area contributed by atoms with E-state index < -0.39 is 0 Å². The highest BCUT2D eigenvalue weighted by molar-refractivity contribution is 6.03. The summed E-state index contributed by atoms with van der Waals surface area (Å²) < 4.78 is 4.34. The van der Waals surface area contributed by atoms with Gasteiger partial charge in [0.25, 0.3) is 5.91 Å². The van der Waals surface area contributed by atoms with Gasteiger partial charge in [0.15, 0.2) is 0 Å². The summed E-state index contributed by atoms with van der Waals surface area (Å²) in [5, 5.41) is 15.8. The van der Waals surface area contributed by atoms with Crippen molar-refractivity contribution in [3.05, 3.63) is 101 Å². The Kier molecular flexibility index (Phi) is 6.39. The van der Waals surface area contributed by atoms with Crippen molar-refractivity contribution >= 4 is 34.1 Å². The first-order valence-electron chi connectivity index (χ1n) is 12.8. The fourth-order valence-electron chi connectivity index (χ4n) is 4.97. The third-order valence-corrected chi connectivity index (χ3v) is 6.97. The van der Waals surface area contributed by atoms with E-state index in [1.54, 1.807) is 12.1 Å². The molecular weight excluding hydrogens is 476 g/mol. The summed E-state index contributed by atoms with van der Waals surface area (Å²) in [7, 11) is 2.05. The van der Waals surface area contributed by atoms with Crippen LogP contribution in [-0.2, 0) is 13.6 Å². The number of nitrogens with zero attached hydrogens (tertiary/aromatic N) is 6. The molecule has 0 bridgehead atoms. The van der Waals surface area contributed by atoms with E-state index >= 15 is 0 Å². The third kappa shape index (κ3) is 4.78.